The number of hydrogen-bond donors (Lipinski definition) is 1. The standard InChI is InChI=1S/C14H22N2O3S/c1-2-16(11-13-4-3-9-19-13)20(17,18)14-7-5-12(10-15)6-8-14/h5-8,13H,2-4,9-11,15H2,1H3. The Morgan fingerprint density at radius 3 is 2.55 bits per heavy atom. The Hall–Kier alpha value is -0.950. The first kappa shape index (κ1) is 15.4. The average molecular weight is 298 g/mol. The molecule has 6 heteroatoms. The van der Waals surface area contributed by atoms with E-state index in [4.69, 9.17) is 10.5 Å². The fraction of sp³-hybridized carbons (Fsp3) is 0.571. The highest BCUT2D eigenvalue weighted by Crippen LogP contribution is 2.20. The van der Waals surface area contributed by atoms with Crippen LogP contribution in [0.25, 0.3) is 0 Å². The van der Waals surface area contributed by atoms with Gasteiger partial charge in [0.1, 0.15) is 0 Å². The minimum absolute atomic E-state index is 0.0213. The lowest BCUT2D eigenvalue weighted by Gasteiger charge is -2.23. The molecule has 20 heavy (non-hydrogen) atoms. The van der Waals surface area contributed by atoms with Crippen LogP contribution in [-0.2, 0) is 21.3 Å². The van der Waals surface area contributed by atoms with Crippen LogP contribution in [0.4, 0.5) is 0 Å². The molecular weight excluding hydrogens is 276 g/mol. The zero-order chi connectivity index (χ0) is 14.6. The normalized spacial score (nSPS) is 19.6. The summed E-state index contributed by atoms with van der Waals surface area (Å²) in [7, 11) is -3.45. The Balaban J connectivity index is 2.16. The highest BCUT2D eigenvalue weighted by Gasteiger charge is 2.27. The van der Waals surface area contributed by atoms with Gasteiger partial charge in [-0.05, 0) is 30.5 Å². The van der Waals surface area contributed by atoms with Gasteiger partial charge in [-0.2, -0.15) is 4.31 Å². The van der Waals surface area contributed by atoms with Gasteiger partial charge in [-0.3, -0.25) is 0 Å². The second-order valence-corrected chi connectivity index (χ2v) is 6.88. The maximum atomic E-state index is 12.6. The van der Waals surface area contributed by atoms with Gasteiger partial charge in [0.15, 0.2) is 0 Å². The maximum Gasteiger partial charge on any atom is 0.243 e. The number of likely N-dealkylation sites (N-methyl/N-ethyl adjacent to an activating group) is 1. The first-order chi connectivity index (χ1) is 9.57. The van der Waals surface area contributed by atoms with Crippen LogP contribution >= 0.6 is 0 Å². The highest BCUT2D eigenvalue weighted by molar-refractivity contribution is 7.89. The van der Waals surface area contributed by atoms with E-state index in [0.717, 1.165) is 25.0 Å². The first-order valence-corrected chi connectivity index (χ1v) is 8.42. The molecule has 0 spiro atoms. The molecule has 1 aliphatic rings. The lowest BCUT2D eigenvalue weighted by molar-refractivity contribution is 0.0947. The van der Waals surface area contributed by atoms with Crippen LogP contribution in [0.5, 0.6) is 0 Å². The van der Waals surface area contributed by atoms with E-state index in [9.17, 15) is 8.42 Å². The quantitative estimate of drug-likeness (QED) is 0.860. The smallest absolute Gasteiger partial charge is 0.243 e. The van der Waals surface area contributed by atoms with E-state index in [2.05, 4.69) is 0 Å². The van der Waals surface area contributed by atoms with Crippen molar-refractivity contribution in [3.8, 4) is 0 Å². The number of ether oxygens (including phenoxy) is 1. The predicted octanol–water partition coefficient (Wildman–Crippen LogP) is 1.33. The summed E-state index contributed by atoms with van der Waals surface area (Å²) in [5, 5.41) is 0. The van der Waals surface area contributed by atoms with Crippen molar-refractivity contribution in [3.05, 3.63) is 29.8 Å². The van der Waals surface area contributed by atoms with Crippen molar-refractivity contribution in [1.82, 2.24) is 4.31 Å². The minimum atomic E-state index is -3.45. The number of hydrogen-bond acceptors (Lipinski definition) is 4. The molecule has 1 atom stereocenters. The summed E-state index contributed by atoms with van der Waals surface area (Å²) in [6.45, 7) is 3.86. The fourth-order valence-electron chi connectivity index (χ4n) is 2.36. The van der Waals surface area contributed by atoms with Crippen LogP contribution in [0, 0.1) is 0 Å². The number of rotatable bonds is 6. The van der Waals surface area contributed by atoms with Crippen LogP contribution in [0.15, 0.2) is 29.2 Å². The molecule has 1 aromatic rings. The molecule has 0 radical (unpaired) electrons. The molecule has 2 N–H and O–H groups in total. The van der Waals surface area contributed by atoms with E-state index in [1.54, 1.807) is 24.3 Å². The number of benzene rings is 1. The second-order valence-electron chi connectivity index (χ2n) is 4.94. The van der Waals surface area contributed by atoms with Crippen molar-refractivity contribution in [1.29, 1.82) is 0 Å². The monoisotopic (exact) mass is 298 g/mol. The third-order valence-electron chi connectivity index (χ3n) is 3.58. The summed E-state index contributed by atoms with van der Waals surface area (Å²) >= 11 is 0. The molecule has 1 saturated heterocycles. The van der Waals surface area contributed by atoms with Crippen LogP contribution in [0.2, 0.25) is 0 Å². The number of nitrogens with two attached hydrogens (primary N) is 1. The van der Waals surface area contributed by atoms with Gasteiger partial charge in [0.2, 0.25) is 10.0 Å². The average Bonchev–Trinajstić information content (AvgIpc) is 2.97. The molecule has 0 aliphatic carbocycles. The summed E-state index contributed by atoms with van der Waals surface area (Å²) in [5.74, 6) is 0. The van der Waals surface area contributed by atoms with E-state index in [0.29, 0.717) is 24.5 Å². The topological polar surface area (TPSA) is 72.6 Å². The van der Waals surface area contributed by atoms with Gasteiger partial charge in [0.05, 0.1) is 11.0 Å². The number of nitrogens with zero attached hydrogens (tertiary/aromatic N) is 1. The van der Waals surface area contributed by atoms with Crippen LogP contribution in [-0.4, -0.2) is 38.5 Å². The van der Waals surface area contributed by atoms with E-state index in [1.165, 1.54) is 4.31 Å². The Bertz CT molecular complexity index is 522. The van der Waals surface area contributed by atoms with Crippen molar-refractivity contribution in [2.75, 3.05) is 19.7 Å². The third-order valence-corrected chi connectivity index (χ3v) is 5.54. The van der Waals surface area contributed by atoms with E-state index in [-0.39, 0.29) is 6.10 Å². The zero-order valence-electron chi connectivity index (χ0n) is 11.8. The SMILES string of the molecule is CCN(CC1CCCO1)S(=O)(=O)c1ccc(CN)cc1. The van der Waals surface area contributed by atoms with E-state index < -0.39 is 10.0 Å². The van der Waals surface area contributed by atoms with Crippen molar-refractivity contribution in [2.24, 2.45) is 5.73 Å². The molecule has 5 nitrogen and oxygen atoms in total. The van der Waals surface area contributed by atoms with Gasteiger partial charge in [-0.25, -0.2) is 8.42 Å². The van der Waals surface area contributed by atoms with Crippen molar-refractivity contribution >= 4 is 10.0 Å². The van der Waals surface area contributed by atoms with Crippen LogP contribution < -0.4 is 5.73 Å². The molecule has 112 valence electrons. The van der Waals surface area contributed by atoms with E-state index >= 15 is 0 Å². The summed E-state index contributed by atoms with van der Waals surface area (Å²) in [4.78, 5) is 0.314. The van der Waals surface area contributed by atoms with Crippen molar-refractivity contribution < 1.29 is 13.2 Å². The lowest BCUT2D eigenvalue weighted by atomic mass is 10.2. The predicted molar refractivity (Wildman–Crippen MR) is 77.7 cm³/mol. The Kier molecular flexibility index (Phi) is 5.15. The lowest BCUT2D eigenvalue weighted by Crippen LogP contribution is -2.37. The summed E-state index contributed by atoms with van der Waals surface area (Å²) < 4.78 is 32.2. The van der Waals surface area contributed by atoms with Gasteiger partial charge in [0.25, 0.3) is 0 Å². The molecule has 1 aliphatic heterocycles. The minimum Gasteiger partial charge on any atom is -0.377 e. The Morgan fingerprint density at radius 2 is 2.05 bits per heavy atom. The van der Waals surface area contributed by atoms with Gasteiger partial charge in [-0.15, -0.1) is 0 Å². The number of sulfonamides is 1. The molecule has 1 heterocycles. The molecule has 0 aromatic heterocycles. The van der Waals surface area contributed by atoms with Gasteiger partial charge >= 0.3 is 0 Å². The van der Waals surface area contributed by atoms with Crippen LogP contribution in [0.1, 0.15) is 25.3 Å². The molecule has 0 saturated carbocycles. The highest BCUT2D eigenvalue weighted by atomic mass is 32.2. The molecule has 1 unspecified atom stereocenters. The van der Waals surface area contributed by atoms with Crippen LogP contribution in [0.3, 0.4) is 0 Å². The van der Waals surface area contributed by atoms with Gasteiger partial charge in [-0.1, -0.05) is 19.1 Å². The van der Waals surface area contributed by atoms with E-state index in [1.807, 2.05) is 6.92 Å². The Morgan fingerprint density at radius 1 is 1.35 bits per heavy atom. The first-order valence-electron chi connectivity index (χ1n) is 6.98. The maximum absolute atomic E-state index is 12.6. The zero-order valence-corrected chi connectivity index (χ0v) is 12.6. The molecule has 1 aromatic carbocycles. The third kappa shape index (κ3) is 3.38. The van der Waals surface area contributed by atoms with Crippen molar-refractivity contribution in [2.45, 2.75) is 37.3 Å². The summed E-state index contributed by atoms with van der Waals surface area (Å²) in [5.41, 5.74) is 6.45. The summed E-state index contributed by atoms with van der Waals surface area (Å²) in [6, 6.07) is 6.75. The second kappa shape index (κ2) is 6.67. The molecule has 2 rings (SSSR count). The van der Waals surface area contributed by atoms with Gasteiger partial charge in [0, 0.05) is 26.2 Å². The largest absolute Gasteiger partial charge is 0.377 e. The molecule has 0 amide bonds. The molecular formula is C14H22N2O3S. The molecule has 1 fully saturated rings. The fourth-order valence-corrected chi connectivity index (χ4v) is 3.84. The summed E-state index contributed by atoms with van der Waals surface area (Å²) in [6.07, 6.45) is 1.96. The van der Waals surface area contributed by atoms with Gasteiger partial charge < -0.3 is 10.5 Å². The Labute approximate surface area is 120 Å². The van der Waals surface area contributed by atoms with Crippen molar-refractivity contribution in [3.63, 3.8) is 0 Å². The molecule has 0 bridgehead atoms.